The number of hydrogen-bond donors (Lipinski definition) is 0. The highest BCUT2D eigenvalue weighted by atomic mass is 32.2. The second kappa shape index (κ2) is 11.0. The molecule has 192 valence electrons. The second-order valence-electron chi connectivity index (χ2n) is 9.86. The molecule has 4 nitrogen and oxygen atoms in total. The summed E-state index contributed by atoms with van der Waals surface area (Å²) in [4.78, 5) is 16.6. The Hall–Kier alpha value is -2.55. The van der Waals surface area contributed by atoms with Crippen LogP contribution in [0.1, 0.15) is 68.1 Å². The van der Waals surface area contributed by atoms with Crippen LogP contribution >= 0.6 is 0 Å². The van der Waals surface area contributed by atoms with E-state index in [2.05, 4.69) is 4.98 Å². The van der Waals surface area contributed by atoms with Crippen LogP contribution in [0.5, 0.6) is 0 Å². The number of rotatable bonds is 9. The maximum atomic E-state index is 14.5. The number of benzene rings is 1. The Balaban J connectivity index is 2.17. The van der Waals surface area contributed by atoms with Gasteiger partial charge in [-0.3, -0.25) is 4.79 Å². The summed E-state index contributed by atoms with van der Waals surface area (Å²) in [5, 5.41) is 0. The molecule has 0 radical (unpaired) electrons. The first-order valence-corrected chi connectivity index (χ1v) is 13.3. The predicted octanol–water partition coefficient (Wildman–Crippen LogP) is 6.19. The molecular formula is C26H31F4NO3S. The number of Topliss-reactive ketones (excluding diaryl/α,β-unsaturated/α-hetero) is 1. The number of sulfone groups is 1. The summed E-state index contributed by atoms with van der Waals surface area (Å²) in [6.45, 7) is 7.37. The molecule has 0 fully saturated rings. The van der Waals surface area contributed by atoms with E-state index in [1.165, 1.54) is 18.2 Å². The molecule has 0 aliphatic rings. The minimum Gasteiger partial charge on any atom is -0.299 e. The van der Waals surface area contributed by atoms with E-state index in [1.54, 1.807) is 25.1 Å². The number of alkyl halides is 3. The quantitative estimate of drug-likeness (QED) is 0.375. The number of pyridine rings is 1. The number of halogens is 4. The van der Waals surface area contributed by atoms with Crippen molar-refractivity contribution in [1.82, 2.24) is 4.98 Å². The Morgan fingerprint density at radius 2 is 1.69 bits per heavy atom. The SMILES string of the molecule is CC(C(=O)CCc1ccc(C(F)(F)F)nc1/C=C/C(C)(C)C)c1ccc(CCS(C)(=O)=O)c(F)c1. The van der Waals surface area contributed by atoms with E-state index in [0.29, 0.717) is 11.1 Å². The van der Waals surface area contributed by atoms with Crippen LogP contribution in [0, 0.1) is 11.2 Å². The highest BCUT2D eigenvalue weighted by Crippen LogP contribution is 2.30. The minimum atomic E-state index is -4.58. The van der Waals surface area contributed by atoms with E-state index in [9.17, 15) is 30.8 Å². The van der Waals surface area contributed by atoms with Crippen molar-refractivity contribution in [3.63, 3.8) is 0 Å². The number of hydrogen-bond acceptors (Lipinski definition) is 4. The molecule has 9 heteroatoms. The maximum absolute atomic E-state index is 14.5. The molecule has 1 atom stereocenters. The zero-order valence-electron chi connectivity index (χ0n) is 20.5. The van der Waals surface area contributed by atoms with E-state index >= 15 is 0 Å². The zero-order valence-corrected chi connectivity index (χ0v) is 21.4. The number of aryl methyl sites for hydroxylation is 2. The largest absolute Gasteiger partial charge is 0.433 e. The van der Waals surface area contributed by atoms with Crippen LogP contribution in [0.2, 0.25) is 0 Å². The van der Waals surface area contributed by atoms with E-state index in [0.717, 1.165) is 12.3 Å². The third-order valence-electron chi connectivity index (χ3n) is 5.49. The Morgan fingerprint density at radius 1 is 1.06 bits per heavy atom. The molecule has 35 heavy (non-hydrogen) atoms. The standard InChI is InChI=1S/C26H31F4NO3S/c1-17(20-7-6-18(21(27)16-20)13-15-35(5,33)34)23(32)10-8-19-9-11-24(26(28,29)30)31-22(19)12-14-25(2,3)4/h6-7,9,11-12,14,16-17H,8,10,13,15H2,1-5H3/b14-12+. The van der Waals surface area contributed by atoms with Gasteiger partial charge >= 0.3 is 6.18 Å². The summed E-state index contributed by atoms with van der Waals surface area (Å²) >= 11 is 0. The van der Waals surface area contributed by atoms with Crippen molar-refractivity contribution in [2.45, 2.75) is 59.1 Å². The Bertz CT molecular complexity index is 1200. The van der Waals surface area contributed by atoms with Gasteiger partial charge < -0.3 is 0 Å². The molecule has 0 amide bonds. The van der Waals surface area contributed by atoms with Gasteiger partial charge in [-0.15, -0.1) is 0 Å². The van der Waals surface area contributed by atoms with Crippen molar-refractivity contribution >= 4 is 21.7 Å². The molecule has 1 heterocycles. The Kier molecular flexibility index (Phi) is 9.03. The summed E-state index contributed by atoms with van der Waals surface area (Å²) in [6, 6.07) is 6.56. The highest BCUT2D eigenvalue weighted by Gasteiger charge is 2.33. The molecule has 1 aromatic heterocycles. The van der Waals surface area contributed by atoms with Gasteiger partial charge in [0.05, 0.1) is 11.4 Å². The Labute approximate surface area is 204 Å². The summed E-state index contributed by atoms with van der Waals surface area (Å²) in [6.07, 6.45) is 0.0794. The molecule has 0 N–H and O–H groups in total. The fraction of sp³-hybridized carbons (Fsp3) is 0.462. The molecule has 2 rings (SSSR count). The number of allylic oxidation sites excluding steroid dienone is 1. The van der Waals surface area contributed by atoms with Gasteiger partial charge in [-0.2, -0.15) is 13.2 Å². The van der Waals surface area contributed by atoms with Crippen LogP contribution in [0.25, 0.3) is 6.08 Å². The van der Waals surface area contributed by atoms with E-state index in [4.69, 9.17) is 0 Å². The Morgan fingerprint density at radius 3 is 2.23 bits per heavy atom. The molecule has 1 aromatic carbocycles. The summed E-state index contributed by atoms with van der Waals surface area (Å²) in [5.41, 5.74) is 0.118. The molecule has 0 aliphatic heterocycles. The molecule has 1 unspecified atom stereocenters. The molecule has 0 aliphatic carbocycles. The third kappa shape index (κ3) is 9.20. The topological polar surface area (TPSA) is 64.1 Å². The fourth-order valence-electron chi connectivity index (χ4n) is 3.34. The van der Waals surface area contributed by atoms with Crippen molar-refractivity contribution in [1.29, 1.82) is 0 Å². The maximum Gasteiger partial charge on any atom is 0.433 e. The third-order valence-corrected chi connectivity index (χ3v) is 6.43. The number of aromatic nitrogens is 1. The number of nitrogens with zero attached hydrogens (tertiary/aromatic N) is 1. The molecule has 0 bridgehead atoms. The lowest BCUT2D eigenvalue weighted by atomic mass is 9.91. The van der Waals surface area contributed by atoms with Crippen LogP contribution in [0.3, 0.4) is 0 Å². The van der Waals surface area contributed by atoms with Gasteiger partial charge in [0.25, 0.3) is 0 Å². The van der Waals surface area contributed by atoms with Crippen molar-refractivity contribution in [3.8, 4) is 0 Å². The first-order valence-electron chi connectivity index (χ1n) is 11.2. The smallest absolute Gasteiger partial charge is 0.299 e. The number of ketones is 1. The van der Waals surface area contributed by atoms with Gasteiger partial charge in [-0.25, -0.2) is 17.8 Å². The number of carbonyl (C=O) groups excluding carboxylic acids is 1. The lowest BCUT2D eigenvalue weighted by Gasteiger charge is -2.15. The second-order valence-corrected chi connectivity index (χ2v) is 12.1. The normalized spacial score (nSPS) is 13.9. The van der Waals surface area contributed by atoms with Crippen LogP contribution in [0.4, 0.5) is 17.6 Å². The van der Waals surface area contributed by atoms with Crippen LogP contribution < -0.4 is 0 Å². The zero-order chi connectivity index (χ0) is 26.6. The molecule has 0 saturated carbocycles. The summed E-state index contributed by atoms with van der Waals surface area (Å²) < 4.78 is 76.5. The minimum absolute atomic E-state index is 0.0407. The van der Waals surface area contributed by atoms with Gasteiger partial charge in [-0.05, 0) is 53.2 Å². The fourth-order valence-corrected chi connectivity index (χ4v) is 3.93. The van der Waals surface area contributed by atoms with E-state index < -0.39 is 33.4 Å². The van der Waals surface area contributed by atoms with Crippen molar-refractivity contribution < 1.29 is 30.8 Å². The summed E-state index contributed by atoms with van der Waals surface area (Å²) in [7, 11) is -3.23. The predicted molar refractivity (Wildman–Crippen MR) is 129 cm³/mol. The first kappa shape index (κ1) is 28.7. The van der Waals surface area contributed by atoms with Gasteiger partial charge in [0.1, 0.15) is 27.1 Å². The van der Waals surface area contributed by atoms with Crippen LogP contribution in [-0.4, -0.2) is 31.2 Å². The van der Waals surface area contributed by atoms with Gasteiger partial charge in [0, 0.05) is 18.6 Å². The van der Waals surface area contributed by atoms with Crippen molar-refractivity contribution in [2.24, 2.45) is 5.41 Å². The highest BCUT2D eigenvalue weighted by molar-refractivity contribution is 7.90. The molecule has 0 spiro atoms. The molecular weight excluding hydrogens is 482 g/mol. The average molecular weight is 514 g/mol. The lowest BCUT2D eigenvalue weighted by Crippen LogP contribution is -2.13. The van der Waals surface area contributed by atoms with Crippen LogP contribution in [0.15, 0.2) is 36.4 Å². The van der Waals surface area contributed by atoms with Crippen LogP contribution in [-0.2, 0) is 33.6 Å². The number of carbonyl (C=O) groups is 1. The summed E-state index contributed by atoms with van der Waals surface area (Å²) in [5.74, 6) is -1.58. The lowest BCUT2D eigenvalue weighted by molar-refractivity contribution is -0.141. The van der Waals surface area contributed by atoms with Crippen molar-refractivity contribution in [2.75, 3.05) is 12.0 Å². The first-order chi connectivity index (χ1) is 16.0. The average Bonchev–Trinajstić information content (AvgIpc) is 2.73. The van der Waals surface area contributed by atoms with Crippen molar-refractivity contribution in [3.05, 3.63) is 70.3 Å². The van der Waals surface area contributed by atoms with Gasteiger partial charge in [0.2, 0.25) is 0 Å². The van der Waals surface area contributed by atoms with E-state index in [1.807, 2.05) is 20.8 Å². The molecule has 0 saturated heterocycles. The van der Waals surface area contributed by atoms with E-state index in [-0.39, 0.29) is 47.5 Å². The van der Waals surface area contributed by atoms with Gasteiger partial charge in [0.15, 0.2) is 0 Å². The van der Waals surface area contributed by atoms with Gasteiger partial charge in [-0.1, -0.05) is 52.0 Å². The molecule has 2 aromatic rings. The monoisotopic (exact) mass is 513 g/mol.